The highest BCUT2D eigenvalue weighted by Crippen LogP contribution is 2.51. The molecule has 5 rings (SSSR count). The number of rotatable bonds is 9. The molecule has 0 aliphatic carbocycles. The number of carbonyl (C=O) groups excluding carboxylic acids is 2. The van der Waals surface area contributed by atoms with Crippen LogP contribution in [-0.2, 0) is 9.59 Å². The van der Waals surface area contributed by atoms with Gasteiger partial charge in [-0.2, -0.15) is 5.10 Å². The van der Waals surface area contributed by atoms with Gasteiger partial charge < -0.3 is 14.8 Å². The zero-order valence-corrected chi connectivity index (χ0v) is 25.4. The fourth-order valence-electron chi connectivity index (χ4n) is 5.00. The van der Waals surface area contributed by atoms with Gasteiger partial charge in [0.1, 0.15) is 23.9 Å². The molecule has 8 nitrogen and oxygen atoms in total. The average molecular weight is 585 g/mol. The van der Waals surface area contributed by atoms with Gasteiger partial charge in [-0.05, 0) is 43.2 Å². The maximum absolute atomic E-state index is 13.9. The number of thioether (sulfide) groups is 1. The number of aromatic nitrogens is 2. The number of benzene rings is 3. The predicted molar refractivity (Wildman–Crippen MR) is 168 cm³/mol. The van der Waals surface area contributed by atoms with Crippen LogP contribution in [0.25, 0.3) is 16.9 Å². The third-order valence-corrected chi connectivity index (χ3v) is 8.38. The highest BCUT2D eigenvalue weighted by molar-refractivity contribution is 8.00. The molecule has 4 aromatic rings. The third-order valence-electron chi connectivity index (χ3n) is 7.14. The number of nitrogens with one attached hydrogen (secondary N) is 1. The normalized spacial score (nSPS) is 14.9. The summed E-state index contributed by atoms with van der Waals surface area (Å²) in [6.07, 6.45) is 0. The maximum atomic E-state index is 13.9. The molecule has 1 aromatic heterocycles. The minimum absolute atomic E-state index is 0.118. The molecule has 0 saturated carbocycles. The molecule has 0 bridgehead atoms. The van der Waals surface area contributed by atoms with E-state index in [9.17, 15) is 9.59 Å². The van der Waals surface area contributed by atoms with E-state index in [0.717, 1.165) is 33.6 Å². The molecule has 0 fully saturated rings. The van der Waals surface area contributed by atoms with Crippen LogP contribution < -0.4 is 19.7 Å². The minimum Gasteiger partial charge on any atom is -0.497 e. The van der Waals surface area contributed by atoms with E-state index in [-0.39, 0.29) is 35.3 Å². The lowest BCUT2D eigenvalue weighted by molar-refractivity contribution is -0.123. The van der Waals surface area contributed by atoms with E-state index < -0.39 is 0 Å². The largest absolute Gasteiger partial charge is 0.497 e. The Morgan fingerprint density at radius 2 is 1.79 bits per heavy atom. The Bertz CT molecular complexity index is 1570. The van der Waals surface area contributed by atoms with Crippen LogP contribution in [0.4, 0.5) is 5.82 Å². The molecule has 218 valence electrons. The molecule has 0 saturated heterocycles. The standard InChI is InChI=1S/C33H36N4O4S/c1-21(2)18-34-28(38)19-36-29(39)20-42-32(26-17-25(40-4)15-16-27(26)41-5)30-31(23-9-7-6-8-10-23)35-37(33(30)36)24-13-11-22(3)12-14-24/h6-17,21,32H,18-20H2,1-5H3,(H,34,38)/t32-/m0/s1. The molecule has 1 aliphatic rings. The van der Waals surface area contributed by atoms with Gasteiger partial charge in [0.05, 0.1) is 36.6 Å². The fourth-order valence-corrected chi connectivity index (χ4v) is 6.21. The van der Waals surface area contributed by atoms with Crippen molar-refractivity contribution in [3.8, 4) is 28.4 Å². The van der Waals surface area contributed by atoms with Gasteiger partial charge in [0.2, 0.25) is 11.8 Å². The molecular formula is C33H36N4O4S. The van der Waals surface area contributed by atoms with Crippen LogP contribution in [0.15, 0.2) is 72.8 Å². The Morgan fingerprint density at radius 3 is 2.45 bits per heavy atom. The lowest BCUT2D eigenvalue weighted by Gasteiger charge is -2.24. The summed E-state index contributed by atoms with van der Waals surface area (Å²) in [6.45, 7) is 6.51. The first-order valence-corrected chi connectivity index (χ1v) is 15.0. The van der Waals surface area contributed by atoms with Gasteiger partial charge in [-0.25, -0.2) is 4.68 Å². The van der Waals surface area contributed by atoms with Crippen LogP contribution >= 0.6 is 11.8 Å². The molecule has 2 heterocycles. The second kappa shape index (κ2) is 12.7. The van der Waals surface area contributed by atoms with E-state index in [2.05, 4.69) is 5.32 Å². The Balaban J connectivity index is 1.80. The van der Waals surface area contributed by atoms with Crippen molar-refractivity contribution in [3.63, 3.8) is 0 Å². The van der Waals surface area contributed by atoms with E-state index in [0.29, 0.717) is 23.9 Å². The second-order valence-electron chi connectivity index (χ2n) is 10.7. The molecule has 0 radical (unpaired) electrons. The summed E-state index contributed by atoms with van der Waals surface area (Å²) in [4.78, 5) is 28.7. The Labute approximate surface area is 251 Å². The number of nitrogens with zero attached hydrogens (tertiary/aromatic N) is 3. The van der Waals surface area contributed by atoms with Crippen LogP contribution in [0.1, 0.15) is 35.8 Å². The summed E-state index contributed by atoms with van der Waals surface area (Å²) in [7, 11) is 3.26. The number of amides is 2. The monoisotopic (exact) mass is 584 g/mol. The Morgan fingerprint density at radius 1 is 1.05 bits per heavy atom. The molecule has 9 heteroatoms. The van der Waals surface area contributed by atoms with Crippen LogP contribution in [-0.4, -0.2) is 54.7 Å². The van der Waals surface area contributed by atoms with E-state index >= 15 is 0 Å². The smallest absolute Gasteiger partial charge is 0.240 e. The zero-order chi connectivity index (χ0) is 29.8. The molecule has 0 spiro atoms. The summed E-state index contributed by atoms with van der Waals surface area (Å²) in [5.74, 6) is 1.99. The van der Waals surface area contributed by atoms with Crippen molar-refractivity contribution in [2.75, 3.05) is 38.0 Å². The zero-order valence-electron chi connectivity index (χ0n) is 24.6. The summed E-state index contributed by atoms with van der Waals surface area (Å²) >= 11 is 1.49. The van der Waals surface area contributed by atoms with Gasteiger partial charge in [0.25, 0.3) is 0 Å². The van der Waals surface area contributed by atoms with Gasteiger partial charge in [0, 0.05) is 23.2 Å². The highest BCUT2D eigenvalue weighted by atomic mass is 32.2. The van der Waals surface area contributed by atoms with Crippen LogP contribution in [0.3, 0.4) is 0 Å². The molecule has 1 aliphatic heterocycles. The van der Waals surface area contributed by atoms with Gasteiger partial charge in [-0.3, -0.25) is 14.5 Å². The Kier molecular flexibility index (Phi) is 8.87. The van der Waals surface area contributed by atoms with Crippen molar-refractivity contribution in [2.45, 2.75) is 26.0 Å². The minimum atomic E-state index is -0.341. The van der Waals surface area contributed by atoms with Gasteiger partial charge in [-0.1, -0.05) is 61.9 Å². The highest BCUT2D eigenvalue weighted by Gasteiger charge is 2.38. The first kappa shape index (κ1) is 29.3. The quantitative estimate of drug-likeness (QED) is 0.267. The number of aryl methyl sites for hydroxylation is 1. The first-order valence-electron chi connectivity index (χ1n) is 14.0. The van der Waals surface area contributed by atoms with Gasteiger partial charge in [0.15, 0.2) is 0 Å². The van der Waals surface area contributed by atoms with Crippen molar-refractivity contribution < 1.29 is 19.1 Å². The molecule has 42 heavy (non-hydrogen) atoms. The van der Waals surface area contributed by atoms with Crippen molar-refractivity contribution in [3.05, 3.63) is 89.5 Å². The number of hydrogen-bond acceptors (Lipinski definition) is 6. The van der Waals surface area contributed by atoms with Crippen molar-refractivity contribution in [1.29, 1.82) is 0 Å². The Hall–Kier alpha value is -4.24. The van der Waals surface area contributed by atoms with E-state index in [1.54, 1.807) is 23.8 Å². The van der Waals surface area contributed by atoms with Crippen LogP contribution in [0.5, 0.6) is 11.5 Å². The van der Waals surface area contributed by atoms with Crippen molar-refractivity contribution >= 4 is 29.4 Å². The number of hydrogen-bond donors (Lipinski definition) is 1. The predicted octanol–water partition coefficient (Wildman–Crippen LogP) is 5.81. The molecular weight excluding hydrogens is 548 g/mol. The molecule has 1 atom stereocenters. The molecule has 3 aromatic carbocycles. The van der Waals surface area contributed by atoms with E-state index in [1.807, 2.05) is 93.6 Å². The summed E-state index contributed by atoms with van der Waals surface area (Å²) in [6, 6.07) is 23.6. The SMILES string of the molecule is COc1ccc(OC)c([C@@H]2SCC(=O)N(CC(=O)NCC(C)C)c3c2c(-c2ccccc2)nn3-c2ccc(C)cc2)c1. The second-order valence-corrected chi connectivity index (χ2v) is 11.8. The summed E-state index contributed by atoms with van der Waals surface area (Å²) in [5.41, 5.74) is 5.24. The maximum Gasteiger partial charge on any atom is 0.240 e. The van der Waals surface area contributed by atoms with Crippen LogP contribution in [0, 0.1) is 12.8 Å². The number of ether oxygens (including phenoxy) is 2. The topological polar surface area (TPSA) is 85.7 Å². The molecule has 0 unspecified atom stereocenters. The number of anilines is 1. The van der Waals surface area contributed by atoms with Crippen molar-refractivity contribution in [2.24, 2.45) is 5.92 Å². The fraction of sp³-hybridized carbons (Fsp3) is 0.303. The molecule has 1 N–H and O–H groups in total. The molecule has 2 amide bonds. The van der Waals surface area contributed by atoms with Gasteiger partial charge >= 0.3 is 0 Å². The summed E-state index contributed by atoms with van der Waals surface area (Å²) < 4.78 is 13.2. The average Bonchev–Trinajstić information content (AvgIpc) is 3.33. The van der Waals surface area contributed by atoms with E-state index in [1.165, 1.54) is 11.8 Å². The number of carbonyl (C=O) groups is 2. The van der Waals surface area contributed by atoms with Crippen LogP contribution in [0.2, 0.25) is 0 Å². The third kappa shape index (κ3) is 6.01. The van der Waals surface area contributed by atoms with Gasteiger partial charge in [-0.15, -0.1) is 11.8 Å². The first-order chi connectivity index (χ1) is 20.3. The lowest BCUT2D eigenvalue weighted by atomic mass is 9.98. The lowest BCUT2D eigenvalue weighted by Crippen LogP contribution is -2.43. The van der Waals surface area contributed by atoms with E-state index in [4.69, 9.17) is 14.6 Å². The van der Waals surface area contributed by atoms with Crippen molar-refractivity contribution in [1.82, 2.24) is 15.1 Å². The number of fused-ring (bicyclic) bond motifs is 1. The number of methoxy groups -OCH3 is 2. The summed E-state index contributed by atoms with van der Waals surface area (Å²) in [5, 5.41) is 7.79.